The summed E-state index contributed by atoms with van der Waals surface area (Å²) in [5.41, 5.74) is 9.19. The van der Waals surface area contributed by atoms with Gasteiger partial charge in [-0.05, 0) is 18.2 Å². The summed E-state index contributed by atoms with van der Waals surface area (Å²) in [6.07, 6.45) is 3.39. The molecule has 3 aromatic rings. The SMILES string of the molecule is Nc1ccc2ncnc(NCc3cncs3)c2c1. The zero-order valence-corrected chi connectivity index (χ0v) is 10.3. The van der Waals surface area contributed by atoms with Crippen molar-refractivity contribution in [3.63, 3.8) is 0 Å². The molecule has 5 nitrogen and oxygen atoms in total. The first kappa shape index (κ1) is 10.9. The van der Waals surface area contributed by atoms with Crippen LogP contribution in [0.4, 0.5) is 11.5 Å². The van der Waals surface area contributed by atoms with E-state index in [0.717, 1.165) is 21.6 Å². The third-order valence-corrected chi connectivity index (χ3v) is 3.35. The molecule has 0 amide bonds. The summed E-state index contributed by atoms with van der Waals surface area (Å²) in [6, 6.07) is 5.61. The van der Waals surface area contributed by atoms with Gasteiger partial charge in [-0.1, -0.05) is 0 Å². The second-order valence-corrected chi connectivity index (χ2v) is 4.79. The van der Waals surface area contributed by atoms with Gasteiger partial charge < -0.3 is 11.1 Å². The van der Waals surface area contributed by atoms with Gasteiger partial charge >= 0.3 is 0 Å². The van der Waals surface area contributed by atoms with Gasteiger partial charge in [0.05, 0.1) is 17.6 Å². The van der Waals surface area contributed by atoms with Crippen LogP contribution in [0.1, 0.15) is 4.88 Å². The van der Waals surface area contributed by atoms with E-state index in [9.17, 15) is 0 Å². The van der Waals surface area contributed by atoms with Crippen molar-refractivity contribution in [1.29, 1.82) is 0 Å². The predicted molar refractivity (Wildman–Crippen MR) is 73.4 cm³/mol. The summed E-state index contributed by atoms with van der Waals surface area (Å²) in [4.78, 5) is 13.7. The summed E-state index contributed by atoms with van der Waals surface area (Å²) in [5.74, 6) is 0.792. The van der Waals surface area contributed by atoms with E-state index in [1.165, 1.54) is 0 Å². The maximum Gasteiger partial charge on any atom is 0.137 e. The summed E-state index contributed by atoms with van der Waals surface area (Å²) >= 11 is 1.61. The zero-order chi connectivity index (χ0) is 12.4. The molecule has 0 fully saturated rings. The number of aromatic nitrogens is 3. The number of hydrogen-bond acceptors (Lipinski definition) is 6. The highest BCUT2D eigenvalue weighted by Crippen LogP contribution is 2.22. The van der Waals surface area contributed by atoms with Crippen molar-refractivity contribution in [3.05, 3.63) is 41.1 Å². The summed E-state index contributed by atoms with van der Waals surface area (Å²) in [6.45, 7) is 0.700. The molecule has 0 spiro atoms. The smallest absolute Gasteiger partial charge is 0.137 e. The van der Waals surface area contributed by atoms with Crippen molar-refractivity contribution < 1.29 is 0 Å². The predicted octanol–water partition coefficient (Wildman–Crippen LogP) is 2.28. The number of hydrogen-bond donors (Lipinski definition) is 2. The van der Waals surface area contributed by atoms with Crippen LogP contribution in [0.3, 0.4) is 0 Å². The number of anilines is 2. The van der Waals surface area contributed by atoms with Gasteiger partial charge in [0.1, 0.15) is 12.1 Å². The molecule has 0 atom stereocenters. The molecule has 2 heterocycles. The fourth-order valence-corrected chi connectivity index (χ4v) is 2.25. The first-order valence-electron chi connectivity index (χ1n) is 5.44. The Morgan fingerprint density at radius 2 is 2.22 bits per heavy atom. The van der Waals surface area contributed by atoms with Crippen LogP contribution in [0.25, 0.3) is 10.9 Å². The zero-order valence-electron chi connectivity index (χ0n) is 9.50. The maximum absolute atomic E-state index is 5.79. The highest BCUT2D eigenvalue weighted by molar-refractivity contribution is 7.09. The van der Waals surface area contributed by atoms with E-state index in [-0.39, 0.29) is 0 Å². The van der Waals surface area contributed by atoms with E-state index >= 15 is 0 Å². The van der Waals surface area contributed by atoms with Gasteiger partial charge in [-0.25, -0.2) is 9.97 Å². The lowest BCUT2D eigenvalue weighted by molar-refractivity contribution is 1.12. The van der Waals surface area contributed by atoms with Crippen molar-refractivity contribution >= 4 is 33.7 Å². The Labute approximate surface area is 108 Å². The number of nitrogens with zero attached hydrogens (tertiary/aromatic N) is 3. The van der Waals surface area contributed by atoms with Crippen LogP contribution in [-0.2, 0) is 6.54 Å². The standard InChI is InChI=1S/C12H11N5S/c13-8-1-2-11-10(3-8)12(17-6-16-11)15-5-9-4-14-7-18-9/h1-4,6-7H,5,13H2,(H,15,16,17). The minimum atomic E-state index is 0.700. The molecule has 0 radical (unpaired) electrons. The molecule has 6 heteroatoms. The summed E-state index contributed by atoms with van der Waals surface area (Å²) in [5, 5.41) is 4.21. The van der Waals surface area contributed by atoms with Gasteiger partial charge in [0, 0.05) is 22.1 Å². The minimum absolute atomic E-state index is 0.700. The summed E-state index contributed by atoms with van der Waals surface area (Å²) in [7, 11) is 0. The molecule has 0 saturated carbocycles. The highest BCUT2D eigenvalue weighted by Gasteiger charge is 2.04. The fraction of sp³-hybridized carbons (Fsp3) is 0.0833. The largest absolute Gasteiger partial charge is 0.399 e. The van der Waals surface area contributed by atoms with Crippen molar-refractivity contribution in [3.8, 4) is 0 Å². The molecule has 0 aliphatic heterocycles. The fourth-order valence-electron chi connectivity index (χ4n) is 1.72. The Morgan fingerprint density at radius 3 is 3.06 bits per heavy atom. The van der Waals surface area contributed by atoms with Crippen LogP contribution in [0, 0.1) is 0 Å². The lowest BCUT2D eigenvalue weighted by atomic mass is 10.2. The third kappa shape index (κ3) is 2.10. The number of fused-ring (bicyclic) bond motifs is 1. The van der Waals surface area contributed by atoms with E-state index in [4.69, 9.17) is 5.73 Å². The van der Waals surface area contributed by atoms with E-state index in [0.29, 0.717) is 12.2 Å². The number of nitrogen functional groups attached to an aromatic ring is 1. The van der Waals surface area contributed by atoms with E-state index in [1.54, 1.807) is 17.7 Å². The van der Waals surface area contributed by atoms with Crippen molar-refractivity contribution in [2.45, 2.75) is 6.54 Å². The quantitative estimate of drug-likeness (QED) is 0.704. The molecule has 0 aliphatic rings. The molecule has 2 aromatic heterocycles. The van der Waals surface area contributed by atoms with Gasteiger partial charge in [-0.3, -0.25) is 4.98 Å². The highest BCUT2D eigenvalue weighted by atomic mass is 32.1. The van der Waals surface area contributed by atoms with Crippen LogP contribution in [0.5, 0.6) is 0 Å². The monoisotopic (exact) mass is 257 g/mol. The molecule has 18 heavy (non-hydrogen) atoms. The number of nitrogens with one attached hydrogen (secondary N) is 1. The van der Waals surface area contributed by atoms with E-state index < -0.39 is 0 Å². The lowest BCUT2D eigenvalue weighted by Crippen LogP contribution is -2.01. The van der Waals surface area contributed by atoms with E-state index in [1.807, 2.05) is 29.9 Å². The first-order chi connectivity index (χ1) is 8.83. The van der Waals surface area contributed by atoms with Gasteiger partial charge in [0.15, 0.2) is 0 Å². The van der Waals surface area contributed by atoms with Crippen LogP contribution in [0.15, 0.2) is 36.2 Å². The third-order valence-electron chi connectivity index (χ3n) is 2.57. The van der Waals surface area contributed by atoms with E-state index in [2.05, 4.69) is 20.3 Å². The van der Waals surface area contributed by atoms with Gasteiger partial charge in [-0.15, -0.1) is 11.3 Å². The molecular formula is C12H11N5S. The number of nitrogens with two attached hydrogens (primary N) is 1. The summed E-state index contributed by atoms with van der Waals surface area (Å²) < 4.78 is 0. The maximum atomic E-state index is 5.79. The van der Waals surface area contributed by atoms with Gasteiger partial charge in [-0.2, -0.15) is 0 Å². The first-order valence-corrected chi connectivity index (χ1v) is 6.32. The average Bonchev–Trinajstić information content (AvgIpc) is 2.89. The second kappa shape index (κ2) is 4.58. The Hall–Kier alpha value is -2.21. The Balaban J connectivity index is 1.93. The molecule has 0 saturated heterocycles. The minimum Gasteiger partial charge on any atom is -0.399 e. The Bertz CT molecular complexity index is 665. The van der Waals surface area contributed by atoms with Gasteiger partial charge in [0.25, 0.3) is 0 Å². The topological polar surface area (TPSA) is 76.7 Å². The van der Waals surface area contributed by atoms with Crippen LogP contribution >= 0.6 is 11.3 Å². The molecule has 1 aromatic carbocycles. The van der Waals surface area contributed by atoms with Crippen LogP contribution in [-0.4, -0.2) is 15.0 Å². The molecule has 0 aliphatic carbocycles. The Morgan fingerprint density at radius 1 is 1.28 bits per heavy atom. The van der Waals surface area contributed by atoms with Gasteiger partial charge in [0.2, 0.25) is 0 Å². The molecule has 3 rings (SSSR count). The number of benzene rings is 1. The molecule has 3 N–H and O–H groups in total. The van der Waals surface area contributed by atoms with Crippen molar-refractivity contribution in [2.24, 2.45) is 0 Å². The Kier molecular flexibility index (Phi) is 2.77. The van der Waals surface area contributed by atoms with Crippen molar-refractivity contribution in [2.75, 3.05) is 11.1 Å². The number of rotatable bonds is 3. The normalized spacial score (nSPS) is 10.7. The molecule has 0 bridgehead atoms. The van der Waals surface area contributed by atoms with Crippen LogP contribution in [0.2, 0.25) is 0 Å². The average molecular weight is 257 g/mol. The van der Waals surface area contributed by atoms with Crippen molar-refractivity contribution in [1.82, 2.24) is 15.0 Å². The lowest BCUT2D eigenvalue weighted by Gasteiger charge is -2.07. The molecule has 0 unspecified atom stereocenters. The molecule has 90 valence electrons. The number of thiazole rings is 1. The second-order valence-electron chi connectivity index (χ2n) is 3.82. The van der Waals surface area contributed by atoms with Crippen LogP contribution < -0.4 is 11.1 Å². The molecular weight excluding hydrogens is 246 g/mol.